The Bertz CT molecular complexity index is 489. The first kappa shape index (κ1) is 14.1. The van der Waals surface area contributed by atoms with E-state index in [0.29, 0.717) is 17.4 Å². The van der Waals surface area contributed by atoms with Gasteiger partial charge >= 0.3 is 5.97 Å². The van der Waals surface area contributed by atoms with E-state index in [0.717, 1.165) is 24.0 Å². The molecule has 3 nitrogen and oxygen atoms in total. The normalized spacial score (nSPS) is 26.1. The van der Waals surface area contributed by atoms with Crippen molar-refractivity contribution in [3.8, 4) is 0 Å². The van der Waals surface area contributed by atoms with Crippen LogP contribution in [0.25, 0.3) is 0 Å². The number of ether oxygens (including phenoxy) is 1. The van der Waals surface area contributed by atoms with Crippen molar-refractivity contribution < 1.29 is 14.6 Å². The molecule has 3 heteroatoms. The maximum absolute atomic E-state index is 11.7. The number of fused-ring (bicyclic) bond motifs is 1. The van der Waals surface area contributed by atoms with Gasteiger partial charge in [-0.3, -0.25) is 0 Å². The van der Waals surface area contributed by atoms with Crippen LogP contribution in [0.15, 0.2) is 18.2 Å². The fraction of sp³-hybridized carbons (Fsp3) is 0.562. The highest BCUT2D eigenvalue weighted by Crippen LogP contribution is 2.44. The molecule has 1 aromatic carbocycles. The van der Waals surface area contributed by atoms with Gasteiger partial charge in [0.15, 0.2) is 0 Å². The molecule has 2 rings (SSSR count). The van der Waals surface area contributed by atoms with Crippen molar-refractivity contribution in [1.82, 2.24) is 0 Å². The minimum Gasteiger partial charge on any atom is -0.465 e. The molecule has 0 saturated carbocycles. The van der Waals surface area contributed by atoms with Gasteiger partial charge in [-0.1, -0.05) is 19.9 Å². The molecule has 104 valence electrons. The lowest BCUT2D eigenvalue weighted by atomic mass is 9.70. The van der Waals surface area contributed by atoms with E-state index >= 15 is 0 Å². The average Bonchev–Trinajstić information content (AvgIpc) is 2.36. The SMILES string of the molecule is COC(=O)c1ccc2c(c1)[C@H](C(C)C)CC[C@@]2(C)O. The number of carbonyl (C=O) groups is 1. The van der Waals surface area contributed by atoms with Crippen molar-refractivity contribution in [3.05, 3.63) is 34.9 Å². The molecule has 0 aromatic heterocycles. The van der Waals surface area contributed by atoms with Crippen molar-refractivity contribution >= 4 is 5.97 Å². The Hall–Kier alpha value is -1.35. The summed E-state index contributed by atoms with van der Waals surface area (Å²) in [5, 5.41) is 10.5. The average molecular weight is 262 g/mol. The number of hydrogen-bond acceptors (Lipinski definition) is 3. The molecule has 2 atom stereocenters. The first-order chi connectivity index (χ1) is 8.86. The van der Waals surface area contributed by atoms with Gasteiger partial charge in [-0.05, 0) is 54.9 Å². The van der Waals surface area contributed by atoms with E-state index in [9.17, 15) is 9.90 Å². The minimum absolute atomic E-state index is 0.324. The molecule has 0 fully saturated rings. The van der Waals surface area contributed by atoms with Crippen LogP contribution in [0, 0.1) is 5.92 Å². The Morgan fingerprint density at radius 3 is 2.74 bits per heavy atom. The highest BCUT2D eigenvalue weighted by atomic mass is 16.5. The zero-order valence-electron chi connectivity index (χ0n) is 12.1. The van der Waals surface area contributed by atoms with E-state index in [1.807, 2.05) is 19.1 Å². The highest BCUT2D eigenvalue weighted by molar-refractivity contribution is 5.89. The number of esters is 1. The summed E-state index contributed by atoms with van der Waals surface area (Å²) in [5.74, 6) is 0.554. The Kier molecular flexibility index (Phi) is 3.68. The summed E-state index contributed by atoms with van der Waals surface area (Å²) in [6.45, 7) is 6.21. The molecule has 0 saturated heterocycles. The molecular weight excluding hydrogens is 240 g/mol. The maximum atomic E-state index is 11.7. The largest absolute Gasteiger partial charge is 0.465 e. The number of aliphatic hydroxyl groups is 1. The third-order valence-corrected chi connectivity index (χ3v) is 4.20. The summed E-state index contributed by atoms with van der Waals surface area (Å²) >= 11 is 0. The molecule has 0 aliphatic heterocycles. The van der Waals surface area contributed by atoms with Crippen LogP contribution >= 0.6 is 0 Å². The first-order valence-electron chi connectivity index (χ1n) is 6.82. The summed E-state index contributed by atoms with van der Waals surface area (Å²) in [4.78, 5) is 11.7. The predicted molar refractivity (Wildman–Crippen MR) is 74.2 cm³/mol. The van der Waals surface area contributed by atoms with Crippen LogP contribution in [0.5, 0.6) is 0 Å². The summed E-state index contributed by atoms with van der Waals surface area (Å²) < 4.78 is 4.77. The van der Waals surface area contributed by atoms with Gasteiger partial charge in [0.25, 0.3) is 0 Å². The molecule has 1 aliphatic rings. The van der Waals surface area contributed by atoms with E-state index < -0.39 is 5.60 Å². The monoisotopic (exact) mass is 262 g/mol. The Labute approximate surface area is 114 Å². The summed E-state index contributed by atoms with van der Waals surface area (Å²) in [7, 11) is 1.39. The van der Waals surface area contributed by atoms with Crippen LogP contribution in [0.4, 0.5) is 0 Å². The molecule has 1 aromatic rings. The van der Waals surface area contributed by atoms with E-state index in [-0.39, 0.29) is 5.97 Å². The lowest BCUT2D eigenvalue weighted by molar-refractivity contribution is 0.0317. The maximum Gasteiger partial charge on any atom is 0.337 e. The standard InChI is InChI=1S/C16H22O3/c1-10(2)12-7-8-16(3,18)14-6-5-11(9-13(12)14)15(17)19-4/h5-6,9-10,12,18H,7-8H2,1-4H3/t12-,16+/m0/s1. The van der Waals surface area contributed by atoms with Gasteiger partial charge in [-0.25, -0.2) is 4.79 Å². The molecule has 0 bridgehead atoms. The van der Waals surface area contributed by atoms with E-state index in [2.05, 4.69) is 13.8 Å². The summed E-state index contributed by atoms with van der Waals surface area (Å²) in [5.41, 5.74) is 1.80. The van der Waals surface area contributed by atoms with E-state index in [1.54, 1.807) is 6.07 Å². The lowest BCUT2D eigenvalue weighted by Crippen LogP contribution is -2.30. The summed E-state index contributed by atoms with van der Waals surface area (Å²) in [6.07, 6.45) is 1.71. The van der Waals surface area contributed by atoms with Crippen LogP contribution in [-0.4, -0.2) is 18.2 Å². The molecule has 0 heterocycles. The molecule has 0 radical (unpaired) electrons. The van der Waals surface area contributed by atoms with Gasteiger partial charge in [0, 0.05) is 0 Å². The van der Waals surface area contributed by atoms with Crippen LogP contribution in [0.3, 0.4) is 0 Å². The molecular formula is C16H22O3. The molecule has 1 N–H and O–H groups in total. The van der Waals surface area contributed by atoms with Crippen LogP contribution in [0.1, 0.15) is 61.0 Å². The van der Waals surface area contributed by atoms with Crippen LogP contribution in [-0.2, 0) is 10.3 Å². The Morgan fingerprint density at radius 2 is 2.16 bits per heavy atom. The second-order valence-corrected chi connectivity index (χ2v) is 5.96. The molecule has 1 aliphatic carbocycles. The van der Waals surface area contributed by atoms with E-state index in [1.165, 1.54) is 7.11 Å². The third-order valence-electron chi connectivity index (χ3n) is 4.20. The zero-order valence-corrected chi connectivity index (χ0v) is 12.1. The van der Waals surface area contributed by atoms with Gasteiger partial charge in [0.2, 0.25) is 0 Å². The fourth-order valence-corrected chi connectivity index (χ4v) is 3.02. The second kappa shape index (κ2) is 4.97. The first-order valence-corrected chi connectivity index (χ1v) is 6.82. The Morgan fingerprint density at radius 1 is 1.47 bits per heavy atom. The van der Waals surface area contributed by atoms with Crippen molar-refractivity contribution in [3.63, 3.8) is 0 Å². The Balaban J connectivity index is 2.53. The minimum atomic E-state index is -0.796. The van der Waals surface area contributed by atoms with Crippen LogP contribution < -0.4 is 0 Å². The highest BCUT2D eigenvalue weighted by Gasteiger charge is 2.35. The van der Waals surface area contributed by atoms with Crippen molar-refractivity contribution in [2.75, 3.05) is 7.11 Å². The molecule has 0 unspecified atom stereocenters. The second-order valence-electron chi connectivity index (χ2n) is 5.96. The number of rotatable bonds is 2. The third kappa shape index (κ3) is 2.52. The molecule has 0 amide bonds. The van der Waals surface area contributed by atoms with Crippen molar-refractivity contribution in [2.24, 2.45) is 5.92 Å². The zero-order chi connectivity index (χ0) is 14.2. The number of methoxy groups -OCH3 is 1. The van der Waals surface area contributed by atoms with Gasteiger partial charge in [0.05, 0.1) is 18.3 Å². The number of hydrogen-bond donors (Lipinski definition) is 1. The van der Waals surface area contributed by atoms with Gasteiger partial charge < -0.3 is 9.84 Å². The number of carbonyl (C=O) groups excluding carboxylic acids is 1. The van der Waals surface area contributed by atoms with Gasteiger partial charge in [0.1, 0.15) is 0 Å². The lowest BCUT2D eigenvalue weighted by Gasteiger charge is -2.37. The topological polar surface area (TPSA) is 46.5 Å². The van der Waals surface area contributed by atoms with Crippen LogP contribution in [0.2, 0.25) is 0 Å². The smallest absolute Gasteiger partial charge is 0.337 e. The van der Waals surface area contributed by atoms with Crippen molar-refractivity contribution in [1.29, 1.82) is 0 Å². The van der Waals surface area contributed by atoms with E-state index in [4.69, 9.17) is 4.74 Å². The fourth-order valence-electron chi connectivity index (χ4n) is 3.02. The van der Waals surface area contributed by atoms with Crippen molar-refractivity contribution in [2.45, 2.75) is 45.1 Å². The molecule has 0 spiro atoms. The quantitative estimate of drug-likeness (QED) is 0.832. The van der Waals surface area contributed by atoms with Gasteiger partial charge in [-0.15, -0.1) is 0 Å². The summed E-state index contributed by atoms with van der Waals surface area (Å²) in [6, 6.07) is 5.50. The number of benzene rings is 1. The molecule has 19 heavy (non-hydrogen) atoms. The predicted octanol–water partition coefficient (Wildman–Crippen LogP) is 3.21. The van der Waals surface area contributed by atoms with Gasteiger partial charge in [-0.2, -0.15) is 0 Å².